The van der Waals surface area contributed by atoms with Gasteiger partial charge in [-0.2, -0.15) is 0 Å². The van der Waals surface area contributed by atoms with Crippen LogP contribution in [0.25, 0.3) is 86.6 Å². The summed E-state index contributed by atoms with van der Waals surface area (Å²) in [6.45, 7) is 0. The Hall–Kier alpha value is -7.20. The van der Waals surface area contributed by atoms with Crippen LogP contribution in [0.5, 0.6) is 0 Å². The van der Waals surface area contributed by atoms with E-state index in [1.165, 1.54) is 59.1 Å². The number of para-hydroxylation sites is 1. The Morgan fingerprint density at radius 2 is 0.895 bits per heavy atom. The van der Waals surface area contributed by atoms with Gasteiger partial charge in [-0.25, -0.2) is 0 Å². The topological polar surface area (TPSA) is 16.4 Å². The molecule has 0 bridgehead atoms. The lowest BCUT2D eigenvalue weighted by molar-refractivity contribution is 0.669. The maximum absolute atomic E-state index is 6.48. The molecule has 0 aliphatic carbocycles. The van der Waals surface area contributed by atoms with Crippen LogP contribution in [0.3, 0.4) is 0 Å². The minimum atomic E-state index is 0.863. The molecule has 3 heteroatoms. The molecule has 11 aromatic rings. The molecule has 2 nitrogen and oxygen atoms in total. The quantitative estimate of drug-likeness (QED) is 0.162. The second-order valence-electron chi connectivity index (χ2n) is 14.5. The molecule has 0 aliphatic heterocycles. The molecule has 0 aliphatic rings. The van der Waals surface area contributed by atoms with Crippen LogP contribution in [0, 0.1) is 0 Å². The summed E-state index contributed by atoms with van der Waals surface area (Å²) in [4.78, 5) is 2.38. The van der Waals surface area contributed by atoms with Crippen LogP contribution in [0.4, 0.5) is 17.1 Å². The van der Waals surface area contributed by atoms with Gasteiger partial charge in [-0.1, -0.05) is 152 Å². The lowest BCUT2D eigenvalue weighted by atomic mass is 9.94. The predicted octanol–water partition coefficient (Wildman–Crippen LogP) is 16.1. The van der Waals surface area contributed by atoms with E-state index in [0.717, 1.165) is 44.6 Å². The summed E-state index contributed by atoms with van der Waals surface area (Å²) in [7, 11) is 0. The molecule has 0 atom stereocenters. The zero-order chi connectivity index (χ0) is 37.7. The molecule has 0 unspecified atom stereocenters. The van der Waals surface area contributed by atoms with Crippen molar-refractivity contribution >= 4 is 70.5 Å². The van der Waals surface area contributed by atoms with Gasteiger partial charge in [0.2, 0.25) is 0 Å². The zero-order valence-electron chi connectivity index (χ0n) is 31.0. The highest BCUT2D eigenvalue weighted by atomic mass is 32.1. The van der Waals surface area contributed by atoms with Gasteiger partial charge >= 0.3 is 0 Å². The third-order valence-corrected chi connectivity index (χ3v) is 12.3. The van der Waals surface area contributed by atoms with Crippen molar-refractivity contribution in [3.05, 3.63) is 212 Å². The molecular weight excluding hydrogens is 711 g/mol. The molecule has 0 saturated heterocycles. The molecule has 0 fully saturated rings. The standard InChI is InChI=1S/C54H35NOS/c1-3-14-36(15-4-1)39-32-40(46-22-13-23-50-49-21-10-12-25-53(49)57-54(46)50)34-43(33-39)55(42-30-31-48-47-20-9-11-24-51(47)56-52(48)35-42)41-28-26-38(27-29-41)45-19-8-7-18-44(45)37-16-5-2-6-17-37/h1-35H. The van der Waals surface area contributed by atoms with Crippen LogP contribution < -0.4 is 4.90 Å². The highest BCUT2D eigenvalue weighted by Gasteiger charge is 2.20. The van der Waals surface area contributed by atoms with E-state index in [1.807, 2.05) is 23.5 Å². The van der Waals surface area contributed by atoms with Gasteiger partial charge in [0, 0.05) is 54.1 Å². The third-order valence-electron chi connectivity index (χ3n) is 11.1. The number of anilines is 3. The monoisotopic (exact) mass is 745 g/mol. The van der Waals surface area contributed by atoms with Gasteiger partial charge in [0.15, 0.2) is 0 Å². The first-order chi connectivity index (χ1) is 28.2. The first kappa shape index (κ1) is 33.2. The van der Waals surface area contributed by atoms with E-state index in [1.54, 1.807) is 0 Å². The predicted molar refractivity (Wildman–Crippen MR) is 243 cm³/mol. The van der Waals surface area contributed by atoms with E-state index in [4.69, 9.17) is 4.42 Å². The second-order valence-corrected chi connectivity index (χ2v) is 15.5. The van der Waals surface area contributed by atoms with Gasteiger partial charge in [0.25, 0.3) is 0 Å². The molecule has 0 N–H and O–H groups in total. The number of hydrogen-bond donors (Lipinski definition) is 0. The first-order valence-electron chi connectivity index (χ1n) is 19.3. The average Bonchev–Trinajstić information content (AvgIpc) is 3.86. The molecule has 9 aromatic carbocycles. The van der Waals surface area contributed by atoms with Crippen LogP contribution >= 0.6 is 11.3 Å². The molecule has 2 aromatic heterocycles. The highest BCUT2D eigenvalue weighted by Crippen LogP contribution is 2.45. The minimum Gasteiger partial charge on any atom is -0.456 e. The highest BCUT2D eigenvalue weighted by molar-refractivity contribution is 7.26. The molecule has 57 heavy (non-hydrogen) atoms. The Bertz CT molecular complexity index is 3230. The summed E-state index contributed by atoms with van der Waals surface area (Å²) in [5.41, 5.74) is 14.4. The minimum absolute atomic E-state index is 0.863. The Morgan fingerprint density at radius 1 is 0.316 bits per heavy atom. The van der Waals surface area contributed by atoms with Crippen LogP contribution in [0.1, 0.15) is 0 Å². The number of nitrogens with zero attached hydrogens (tertiary/aromatic N) is 1. The molecule has 11 rings (SSSR count). The number of furan rings is 1. The van der Waals surface area contributed by atoms with Crippen molar-refractivity contribution in [1.29, 1.82) is 0 Å². The maximum Gasteiger partial charge on any atom is 0.137 e. The van der Waals surface area contributed by atoms with Crippen LogP contribution in [-0.4, -0.2) is 0 Å². The van der Waals surface area contributed by atoms with Gasteiger partial charge in [-0.05, 0) is 99.1 Å². The number of benzene rings is 9. The Balaban J connectivity index is 1.12. The Labute approximate surface area is 335 Å². The van der Waals surface area contributed by atoms with Crippen molar-refractivity contribution in [3.8, 4) is 44.5 Å². The molecule has 268 valence electrons. The maximum atomic E-state index is 6.48. The largest absolute Gasteiger partial charge is 0.456 e. The van der Waals surface area contributed by atoms with E-state index in [-0.39, 0.29) is 0 Å². The molecular formula is C54H35NOS. The van der Waals surface area contributed by atoms with E-state index >= 15 is 0 Å². The van der Waals surface area contributed by atoms with Crippen molar-refractivity contribution in [2.75, 3.05) is 4.90 Å². The van der Waals surface area contributed by atoms with Crippen LogP contribution in [-0.2, 0) is 0 Å². The van der Waals surface area contributed by atoms with Crippen LogP contribution in [0.2, 0.25) is 0 Å². The number of rotatable bonds is 7. The van der Waals surface area contributed by atoms with Gasteiger partial charge in [0.05, 0.1) is 0 Å². The summed E-state index contributed by atoms with van der Waals surface area (Å²) in [6.07, 6.45) is 0. The molecule has 0 saturated carbocycles. The zero-order valence-corrected chi connectivity index (χ0v) is 31.8. The van der Waals surface area contributed by atoms with Gasteiger partial charge in [-0.3, -0.25) is 0 Å². The molecule has 2 heterocycles. The van der Waals surface area contributed by atoms with E-state index in [2.05, 4.69) is 205 Å². The molecule has 0 spiro atoms. The Morgan fingerprint density at radius 3 is 1.68 bits per heavy atom. The Kier molecular flexibility index (Phi) is 8.04. The smallest absolute Gasteiger partial charge is 0.137 e. The van der Waals surface area contributed by atoms with Crippen molar-refractivity contribution in [2.24, 2.45) is 0 Å². The van der Waals surface area contributed by atoms with Gasteiger partial charge in [-0.15, -0.1) is 11.3 Å². The van der Waals surface area contributed by atoms with Gasteiger partial charge < -0.3 is 9.32 Å². The second kappa shape index (κ2) is 13.8. The number of thiophene rings is 1. The lowest BCUT2D eigenvalue weighted by Gasteiger charge is -2.27. The summed E-state index contributed by atoms with van der Waals surface area (Å²) >= 11 is 1.87. The van der Waals surface area contributed by atoms with Crippen molar-refractivity contribution in [3.63, 3.8) is 0 Å². The third kappa shape index (κ3) is 5.88. The summed E-state index contributed by atoms with van der Waals surface area (Å²) in [5.74, 6) is 0. The summed E-state index contributed by atoms with van der Waals surface area (Å²) in [6, 6.07) is 76.4. The van der Waals surface area contributed by atoms with Gasteiger partial charge in [0.1, 0.15) is 11.2 Å². The van der Waals surface area contributed by atoms with Crippen molar-refractivity contribution < 1.29 is 4.42 Å². The fourth-order valence-electron chi connectivity index (χ4n) is 8.36. The van der Waals surface area contributed by atoms with E-state index < -0.39 is 0 Å². The normalized spacial score (nSPS) is 11.5. The number of fused-ring (bicyclic) bond motifs is 6. The average molecular weight is 746 g/mol. The summed E-state index contributed by atoms with van der Waals surface area (Å²) in [5, 5.41) is 4.82. The molecule has 0 radical (unpaired) electrons. The van der Waals surface area contributed by atoms with Crippen molar-refractivity contribution in [1.82, 2.24) is 0 Å². The van der Waals surface area contributed by atoms with Crippen molar-refractivity contribution in [2.45, 2.75) is 0 Å². The van der Waals surface area contributed by atoms with E-state index in [0.29, 0.717) is 0 Å². The summed E-state index contributed by atoms with van der Waals surface area (Å²) < 4.78 is 9.08. The molecule has 0 amide bonds. The fraction of sp³-hybridized carbons (Fsp3) is 0. The fourth-order valence-corrected chi connectivity index (χ4v) is 9.60. The SMILES string of the molecule is c1ccc(-c2cc(-c3cccc4c3sc3ccccc34)cc(N(c3ccc(-c4ccccc4-c4ccccc4)cc3)c3ccc4c(c3)oc3ccccc34)c2)cc1. The van der Waals surface area contributed by atoms with E-state index in [9.17, 15) is 0 Å². The number of hydrogen-bond acceptors (Lipinski definition) is 3. The van der Waals surface area contributed by atoms with Crippen LogP contribution in [0.15, 0.2) is 217 Å². The first-order valence-corrected chi connectivity index (χ1v) is 20.1. The lowest BCUT2D eigenvalue weighted by Crippen LogP contribution is -2.10.